The Kier molecular flexibility index (Phi) is 4.93. The van der Waals surface area contributed by atoms with Crippen LogP contribution in [0.25, 0.3) is 0 Å². The van der Waals surface area contributed by atoms with Gasteiger partial charge in [-0.15, -0.1) is 11.3 Å². The highest BCUT2D eigenvalue weighted by atomic mass is 32.1. The Morgan fingerprint density at radius 2 is 2.00 bits per heavy atom. The van der Waals surface area contributed by atoms with Crippen molar-refractivity contribution in [2.24, 2.45) is 5.73 Å². The minimum Gasteiger partial charge on any atom is -0.324 e. The standard InChI is InChI=1S/C15H20N4OS/c1-4-13-10(3)21-15(18-13)19-14(20)17-12-7-5-11(6-8-12)9(2)16/h5-9H,4,16H2,1-3H3,(H2,17,18,19,20). The lowest BCUT2D eigenvalue weighted by Crippen LogP contribution is -2.19. The third kappa shape index (κ3) is 4.03. The molecule has 1 aromatic carbocycles. The topological polar surface area (TPSA) is 80.0 Å². The second-order valence-corrected chi connectivity index (χ2v) is 6.07. The van der Waals surface area contributed by atoms with E-state index in [9.17, 15) is 4.79 Å². The van der Waals surface area contributed by atoms with Gasteiger partial charge in [0.15, 0.2) is 5.13 Å². The Morgan fingerprint density at radius 1 is 1.33 bits per heavy atom. The Labute approximate surface area is 128 Å². The first-order valence-corrected chi connectivity index (χ1v) is 7.71. The van der Waals surface area contributed by atoms with Crippen LogP contribution in [0.2, 0.25) is 0 Å². The first-order valence-electron chi connectivity index (χ1n) is 6.89. The van der Waals surface area contributed by atoms with E-state index in [4.69, 9.17) is 5.73 Å². The number of nitrogens with two attached hydrogens (primary N) is 1. The Morgan fingerprint density at radius 3 is 2.52 bits per heavy atom. The summed E-state index contributed by atoms with van der Waals surface area (Å²) in [5.74, 6) is 0. The van der Waals surface area contributed by atoms with Crippen molar-refractivity contribution >= 4 is 28.2 Å². The molecule has 2 amide bonds. The van der Waals surface area contributed by atoms with Crippen LogP contribution in [0.15, 0.2) is 24.3 Å². The van der Waals surface area contributed by atoms with E-state index in [-0.39, 0.29) is 12.1 Å². The van der Waals surface area contributed by atoms with E-state index in [0.717, 1.165) is 28.2 Å². The number of amides is 2. The van der Waals surface area contributed by atoms with Crippen LogP contribution < -0.4 is 16.4 Å². The molecule has 0 aliphatic rings. The van der Waals surface area contributed by atoms with Crippen LogP contribution in [0.1, 0.15) is 36.0 Å². The molecule has 0 radical (unpaired) electrons. The SMILES string of the molecule is CCc1nc(NC(=O)Nc2ccc(C(C)N)cc2)sc1C. The zero-order chi connectivity index (χ0) is 15.4. The molecule has 0 aliphatic carbocycles. The van der Waals surface area contributed by atoms with Crippen molar-refractivity contribution in [1.29, 1.82) is 0 Å². The summed E-state index contributed by atoms with van der Waals surface area (Å²) in [6, 6.07) is 7.18. The maximum Gasteiger partial charge on any atom is 0.325 e. The molecule has 0 aliphatic heterocycles. The minimum atomic E-state index is -0.292. The van der Waals surface area contributed by atoms with Crippen LogP contribution in [0.5, 0.6) is 0 Å². The summed E-state index contributed by atoms with van der Waals surface area (Å²) in [7, 11) is 0. The number of hydrogen-bond donors (Lipinski definition) is 3. The monoisotopic (exact) mass is 304 g/mol. The molecule has 0 bridgehead atoms. The van der Waals surface area contributed by atoms with Gasteiger partial charge in [-0.25, -0.2) is 9.78 Å². The number of benzene rings is 1. The zero-order valence-electron chi connectivity index (χ0n) is 12.4. The highest BCUT2D eigenvalue weighted by molar-refractivity contribution is 7.15. The van der Waals surface area contributed by atoms with Gasteiger partial charge in [-0.05, 0) is 38.0 Å². The molecular formula is C15H20N4OS. The number of nitrogens with zero attached hydrogens (tertiary/aromatic N) is 1. The molecule has 2 rings (SSSR count). The average molecular weight is 304 g/mol. The smallest absolute Gasteiger partial charge is 0.324 e. The Balaban J connectivity index is 1.97. The third-order valence-corrected chi connectivity index (χ3v) is 4.07. The lowest BCUT2D eigenvalue weighted by Gasteiger charge is -2.08. The molecular weight excluding hydrogens is 284 g/mol. The Bertz CT molecular complexity index is 619. The number of aromatic nitrogens is 1. The highest BCUT2D eigenvalue weighted by Gasteiger charge is 2.09. The molecule has 1 heterocycles. The summed E-state index contributed by atoms with van der Waals surface area (Å²) < 4.78 is 0. The molecule has 0 spiro atoms. The van der Waals surface area contributed by atoms with Crippen LogP contribution >= 0.6 is 11.3 Å². The van der Waals surface area contributed by atoms with Gasteiger partial charge in [0.1, 0.15) is 0 Å². The molecule has 5 nitrogen and oxygen atoms in total. The number of carbonyl (C=O) groups excluding carboxylic acids is 1. The van der Waals surface area contributed by atoms with Crippen LogP contribution in [-0.2, 0) is 6.42 Å². The summed E-state index contributed by atoms with van der Waals surface area (Å²) in [5, 5.41) is 6.15. The van der Waals surface area contributed by atoms with E-state index in [1.807, 2.05) is 45.0 Å². The predicted molar refractivity (Wildman–Crippen MR) is 87.9 cm³/mol. The molecule has 0 fully saturated rings. The van der Waals surface area contributed by atoms with Gasteiger partial charge in [-0.3, -0.25) is 5.32 Å². The predicted octanol–water partition coefficient (Wildman–Crippen LogP) is 3.68. The number of urea groups is 1. The lowest BCUT2D eigenvalue weighted by atomic mass is 10.1. The molecule has 1 unspecified atom stereocenters. The normalized spacial score (nSPS) is 12.0. The lowest BCUT2D eigenvalue weighted by molar-refractivity contribution is 0.262. The molecule has 1 atom stereocenters. The van der Waals surface area contributed by atoms with Gasteiger partial charge in [0, 0.05) is 16.6 Å². The largest absolute Gasteiger partial charge is 0.325 e. The fraction of sp³-hybridized carbons (Fsp3) is 0.333. The van der Waals surface area contributed by atoms with Crippen molar-refractivity contribution in [3.8, 4) is 0 Å². The first kappa shape index (κ1) is 15.5. The number of carbonyl (C=O) groups is 1. The van der Waals surface area contributed by atoms with E-state index < -0.39 is 0 Å². The Hall–Kier alpha value is -1.92. The summed E-state index contributed by atoms with van der Waals surface area (Å²) in [6.07, 6.45) is 0.865. The summed E-state index contributed by atoms with van der Waals surface area (Å²) in [4.78, 5) is 17.4. The zero-order valence-corrected chi connectivity index (χ0v) is 13.3. The maximum absolute atomic E-state index is 11.9. The van der Waals surface area contributed by atoms with E-state index in [1.165, 1.54) is 11.3 Å². The van der Waals surface area contributed by atoms with E-state index >= 15 is 0 Å². The van der Waals surface area contributed by atoms with Crippen molar-refractivity contribution in [3.05, 3.63) is 40.4 Å². The van der Waals surface area contributed by atoms with Crippen molar-refractivity contribution in [1.82, 2.24) is 4.98 Å². The number of thiazole rings is 1. The first-order chi connectivity index (χ1) is 9.99. The van der Waals surface area contributed by atoms with Gasteiger partial charge in [0.2, 0.25) is 0 Å². The number of hydrogen-bond acceptors (Lipinski definition) is 4. The number of nitrogens with one attached hydrogen (secondary N) is 2. The number of anilines is 2. The fourth-order valence-electron chi connectivity index (χ4n) is 1.94. The van der Waals surface area contributed by atoms with Gasteiger partial charge in [0.25, 0.3) is 0 Å². The highest BCUT2D eigenvalue weighted by Crippen LogP contribution is 2.22. The quantitative estimate of drug-likeness (QED) is 0.806. The van der Waals surface area contributed by atoms with E-state index in [0.29, 0.717) is 5.13 Å². The molecule has 1 aromatic heterocycles. The van der Waals surface area contributed by atoms with Gasteiger partial charge in [-0.2, -0.15) is 0 Å². The number of rotatable bonds is 4. The van der Waals surface area contributed by atoms with E-state index in [1.54, 1.807) is 0 Å². The molecule has 0 saturated carbocycles. The van der Waals surface area contributed by atoms with Crippen molar-refractivity contribution < 1.29 is 4.79 Å². The van der Waals surface area contributed by atoms with Gasteiger partial charge >= 0.3 is 6.03 Å². The molecule has 21 heavy (non-hydrogen) atoms. The number of aryl methyl sites for hydroxylation is 2. The maximum atomic E-state index is 11.9. The molecule has 4 N–H and O–H groups in total. The minimum absolute atomic E-state index is 0.0152. The fourth-order valence-corrected chi connectivity index (χ4v) is 2.84. The van der Waals surface area contributed by atoms with Crippen molar-refractivity contribution in [2.45, 2.75) is 33.2 Å². The third-order valence-electron chi connectivity index (χ3n) is 3.14. The van der Waals surface area contributed by atoms with Crippen molar-refractivity contribution in [2.75, 3.05) is 10.6 Å². The molecule has 0 saturated heterocycles. The van der Waals surface area contributed by atoms with Crippen LogP contribution in [0, 0.1) is 6.92 Å². The van der Waals surface area contributed by atoms with E-state index in [2.05, 4.69) is 15.6 Å². The molecule has 112 valence electrons. The summed E-state index contributed by atoms with van der Waals surface area (Å²) in [6.45, 7) is 5.98. The van der Waals surface area contributed by atoms with Crippen LogP contribution in [0.4, 0.5) is 15.6 Å². The van der Waals surface area contributed by atoms with Crippen molar-refractivity contribution in [3.63, 3.8) is 0 Å². The van der Waals surface area contributed by atoms with Crippen LogP contribution in [0.3, 0.4) is 0 Å². The average Bonchev–Trinajstić information content (AvgIpc) is 2.79. The van der Waals surface area contributed by atoms with Gasteiger partial charge in [0.05, 0.1) is 5.69 Å². The van der Waals surface area contributed by atoms with Gasteiger partial charge < -0.3 is 11.1 Å². The van der Waals surface area contributed by atoms with Gasteiger partial charge in [-0.1, -0.05) is 19.1 Å². The molecule has 6 heteroatoms. The second-order valence-electron chi connectivity index (χ2n) is 4.87. The summed E-state index contributed by atoms with van der Waals surface area (Å²) in [5.41, 5.74) is 8.57. The molecule has 2 aromatic rings. The summed E-state index contributed by atoms with van der Waals surface area (Å²) >= 11 is 1.48. The second kappa shape index (κ2) is 6.69. The van der Waals surface area contributed by atoms with Crippen LogP contribution in [-0.4, -0.2) is 11.0 Å².